The van der Waals surface area contributed by atoms with Gasteiger partial charge in [0.2, 0.25) is 5.91 Å². The molecular weight excluding hydrogens is 442 g/mol. The second-order valence-electron chi connectivity index (χ2n) is 8.81. The van der Waals surface area contributed by atoms with Gasteiger partial charge in [-0.3, -0.25) is 9.36 Å². The zero-order valence-corrected chi connectivity index (χ0v) is 20.7. The fraction of sp³-hybridized carbons (Fsp3) is 0.296. The highest BCUT2D eigenvalue weighted by Gasteiger charge is 2.24. The molecule has 0 saturated heterocycles. The van der Waals surface area contributed by atoms with Crippen LogP contribution in [0.25, 0.3) is 5.69 Å². The van der Waals surface area contributed by atoms with E-state index in [9.17, 15) is 4.79 Å². The first kappa shape index (κ1) is 22.5. The van der Waals surface area contributed by atoms with Gasteiger partial charge in [-0.05, 0) is 67.6 Å². The van der Waals surface area contributed by atoms with E-state index in [1.165, 1.54) is 28.5 Å². The summed E-state index contributed by atoms with van der Waals surface area (Å²) < 4.78 is 4.23. The van der Waals surface area contributed by atoms with E-state index in [1.807, 2.05) is 42.4 Å². The largest absolute Gasteiger partial charge is 0.354 e. The number of benzene rings is 2. The zero-order valence-electron chi connectivity index (χ0n) is 19.9. The van der Waals surface area contributed by atoms with Gasteiger partial charge in [0.15, 0.2) is 5.16 Å². The van der Waals surface area contributed by atoms with Gasteiger partial charge in [0, 0.05) is 37.6 Å². The summed E-state index contributed by atoms with van der Waals surface area (Å²) in [5, 5.41) is 9.84. The van der Waals surface area contributed by atoms with Crippen LogP contribution in [-0.4, -0.2) is 37.5 Å². The van der Waals surface area contributed by atoms with E-state index in [4.69, 9.17) is 0 Å². The first-order valence-electron chi connectivity index (χ1n) is 11.6. The lowest BCUT2D eigenvalue weighted by Gasteiger charge is -2.29. The molecule has 5 rings (SSSR count). The number of thioether (sulfide) groups is 1. The third-order valence-corrected chi connectivity index (χ3v) is 7.56. The number of rotatable bonds is 6. The zero-order chi connectivity index (χ0) is 23.7. The number of aryl methyl sites for hydroxylation is 3. The number of carbonyl (C=O) groups is 1. The Balaban J connectivity index is 1.44. The van der Waals surface area contributed by atoms with Crippen LogP contribution >= 0.6 is 11.8 Å². The predicted molar refractivity (Wildman–Crippen MR) is 137 cm³/mol. The number of para-hydroxylation sites is 1. The van der Waals surface area contributed by atoms with Crippen molar-refractivity contribution in [3.8, 4) is 5.69 Å². The maximum absolute atomic E-state index is 13.3. The molecule has 1 aliphatic rings. The molecule has 7 heteroatoms. The Bertz CT molecular complexity index is 1340. The van der Waals surface area contributed by atoms with Crippen LogP contribution in [0.3, 0.4) is 0 Å². The van der Waals surface area contributed by atoms with Crippen LogP contribution in [0.4, 0.5) is 5.69 Å². The summed E-state index contributed by atoms with van der Waals surface area (Å²) in [6.07, 6.45) is 4.72. The molecule has 174 valence electrons. The van der Waals surface area contributed by atoms with Crippen LogP contribution in [0.15, 0.2) is 66.0 Å². The maximum Gasteiger partial charge on any atom is 0.237 e. The second kappa shape index (κ2) is 9.50. The average molecular weight is 472 g/mol. The summed E-state index contributed by atoms with van der Waals surface area (Å²) in [6, 6.07) is 18.6. The summed E-state index contributed by atoms with van der Waals surface area (Å²) in [5.74, 6) is 1.30. The molecule has 3 heterocycles. The van der Waals surface area contributed by atoms with Gasteiger partial charge in [-0.25, -0.2) is 0 Å². The van der Waals surface area contributed by atoms with Gasteiger partial charge in [-0.15, -0.1) is 10.2 Å². The molecule has 2 aromatic carbocycles. The number of anilines is 1. The van der Waals surface area contributed by atoms with Crippen LogP contribution in [0.5, 0.6) is 0 Å². The topological polar surface area (TPSA) is 56.0 Å². The molecule has 0 N–H and O–H groups in total. The summed E-state index contributed by atoms with van der Waals surface area (Å²) in [4.78, 5) is 15.2. The minimum Gasteiger partial charge on any atom is -0.354 e. The molecule has 0 fully saturated rings. The number of hydrogen-bond acceptors (Lipinski definition) is 4. The molecule has 0 radical (unpaired) electrons. The lowest BCUT2D eigenvalue weighted by molar-refractivity contribution is -0.116. The number of carbonyl (C=O) groups excluding carboxylic acids is 1. The van der Waals surface area contributed by atoms with Gasteiger partial charge >= 0.3 is 0 Å². The monoisotopic (exact) mass is 471 g/mol. The van der Waals surface area contributed by atoms with Gasteiger partial charge in [0.25, 0.3) is 0 Å². The van der Waals surface area contributed by atoms with Crippen LogP contribution in [-0.2, 0) is 24.7 Å². The van der Waals surface area contributed by atoms with E-state index in [0.29, 0.717) is 12.2 Å². The standard InChI is InChI=1S/C27H29N5OS/c1-19-9-6-14-23(20(19)2)32-25(17-22-12-8-15-30(22)3)28-29-27(32)34-18-26(33)31-16-7-11-21-10-4-5-13-24(21)31/h4-6,8-10,12-15H,7,11,16-18H2,1-3H3. The predicted octanol–water partition coefficient (Wildman–Crippen LogP) is 4.88. The summed E-state index contributed by atoms with van der Waals surface area (Å²) >= 11 is 1.46. The van der Waals surface area contributed by atoms with E-state index in [1.54, 1.807) is 0 Å². The highest BCUT2D eigenvalue weighted by Crippen LogP contribution is 2.30. The molecule has 1 amide bonds. The SMILES string of the molecule is Cc1cccc(-n2c(Cc3cccn3C)nnc2SCC(=O)N2CCCc3ccccc32)c1C. The fourth-order valence-electron chi connectivity index (χ4n) is 4.57. The van der Waals surface area contributed by atoms with Crippen molar-refractivity contribution in [2.75, 3.05) is 17.2 Å². The third-order valence-electron chi connectivity index (χ3n) is 6.64. The van der Waals surface area contributed by atoms with Gasteiger partial charge in [-0.1, -0.05) is 42.1 Å². The van der Waals surface area contributed by atoms with Gasteiger partial charge in [0.05, 0.1) is 11.4 Å². The highest BCUT2D eigenvalue weighted by molar-refractivity contribution is 7.99. The average Bonchev–Trinajstić information content (AvgIpc) is 3.44. The number of hydrogen-bond donors (Lipinski definition) is 0. The molecule has 4 aromatic rings. The normalized spacial score (nSPS) is 13.2. The van der Waals surface area contributed by atoms with E-state index in [0.717, 1.165) is 47.4 Å². The molecule has 0 unspecified atom stereocenters. The van der Waals surface area contributed by atoms with Gasteiger partial charge < -0.3 is 9.47 Å². The lowest BCUT2D eigenvalue weighted by atomic mass is 10.0. The number of nitrogens with zero attached hydrogens (tertiary/aromatic N) is 5. The van der Waals surface area contributed by atoms with Crippen molar-refractivity contribution in [1.29, 1.82) is 0 Å². The summed E-state index contributed by atoms with van der Waals surface area (Å²) in [7, 11) is 2.04. The van der Waals surface area contributed by atoms with Crippen molar-refractivity contribution in [2.45, 2.75) is 38.3 Å². The van der Waals surface area contributed by atoms with Crippen molar-refractivity contribution in [3.05, 3.63) is 89.0 Å². The molecule has 0 aliphatic carbocycles. The smallest absolute Gasteiger partial charge is 0.237 e. The number of fused-ring (bicyclic) bond motifs is 1. The Kier molecular flexibility index (Phi) is 6.28. The maximum atomic E-state index is 13.3. The minimum absolute atomic E-state index is 0.108. The van der Waals surface area contributed by atoms with Crippen molar-refractivity contribution in [3.63, 3.8) is 0 Å². The number of amides is 1. The molecule has 0 atom stereocenters. The molecular formula is C27H29N5OS. The minimum atomic E-state index is 0.108. The van der Waals surface area contributed by atoms with Gasteiger partial charge in [-0.2, -0.15) is 0 Å². The third kappa shape index (κ3) is 4.28. The van der Waals surface area contributed by atoms with Crippen molar-refractivity contribution < 1.29 is 4.79 Å². The first-order chi connectivity index (χ1) is 16.5. The van der Waals surface area contributed by atoms with E-state index < -0.39 is 0 Å². The molecule has 2 aromatic heterocycles. The van der Waals surface area contributed by atoms with Crippen LogP contribution < -0.4 is 4.90 Å². The Morgan fingerprint density at radius 1 is 1.00 bits per heavy atom. The first-order valence-corrected chi connectivity index (χ1v) is 12.6. The molecule has 0 saturated carbocycles. The highest BCUT2D eigenvalue weighted by atomic mass is 32.2. The van der Waals surface area contributed by atoms with E-state index in [2.05, 4.69) is 63.5 Å². The van der Waals surface area contributed by atoms with Crippen LogP contribution in [0.2, 0.25) is 0 Å². The number of aromatic nitrogens is 4. The Labute approximate surface area is 204 Å². The van der Waals surface area contributed by atoms with E-state index in [-0.39, 0.29) is 5.91 Å². The summed E-state index contributed by atoms with van der Waals surface area (Å²) in [5.41, 5.74) is 6.92. The molecule has 0 bridgehead atoms. The van der Waals surface area contributed by atoms with Crippen molar-refractivity contribution in [2.24, 2.45) is 7.05 Å². The van der Waals surface area contributed by atoms with Gasteiger partial charge in [0.1, 0.15) is 5.82 Å². The Morgan fingerprint density at radius 3 is 2.65 bits per heavy atom. The second-order valence-corrected chi connectivity index (χ2v) is 9.75. The lowest BCUT2D eigenvalue weighted by Crippen LogP contribution is -2.36. The van der Waals surface area contributed by atoms with Crippen molar-refractivity contribution >= 4 is 23.4 Å². The van der Waals surface area contributed by atoms with Crippen LogP contribution in [0, 0.1) is 13.8 Å². The molecule has 34 heavy (non-hydrogen) atoms. The quantitative estimate of drug-likeness (QED) is 0.376. The Hall–Kier alpha value is -3.32. The molecule has 6 nitrogen and oxygen atoms in total. The fourth-order valence-corrected chi connectivity index (χ4v) is 5.41. The Morgan fingerprint density at radius 2 is 1.82 bits per heavy atom. The van der Waals surface area contributed by atoms with E-state index >= 15 is 0 Å². The van der Waals surface area contributed by atoms with Crippen molar-refractivity contribution in [1.82, 2.24) is 19.3 Å². The molecule has 0 spiro atoms. The molecule has 1 aliphatic heterocycles. The van der Waals surface area contributed by atoms with Crippen LogP contribution in [0.1, 0.15) is 34.6 Å². The summed E-state index contributed by atoms with van der Waals surface area (Å²) in [6.45, 7) is 5.00.